The fourth-order valence-corrected chi connectivity index (χ4v) is 2.63. The first-order chi connectivity index (χ1) is 12.3. The van der Waals surface area contributed by atoms with Crippen LogP contribution in [-0.4, -0.2) is 34.4 Å². The smallest absolute Gasteiger partial charge is 0.231 e. The number of hydrogen-bond donors (Lipinski definition) is 2. The first-order valence-electron chi connectivity index (χ1n) is 7.95. The van der Waals surface area contributed by atoms with Gasteiger partial charge in [0.15, 0.2) is 28.9 Å². The highest BCUT2D eigenvalue weighted by molar-refractivity contribution is 5.79. The second kappa shape index (κ2) is 6.68. The highest BCUT2D eigenvalue weighted by atomic mass is 16.7. The van der Waals surface area contributed by atoms with Gasteiger partial charge in [0.1, 0.15) is 0 Å². The van der Waals surface area contributed by atoms with Gasteiger partial charge in [0, 0.05) is 19.8 Å². The van der Waals surface area contributed by atoms with Gasteiger partial charge in [0.05, 0.1) is 6.54 Å². The van der Waals surface area contributed by atoms with E-state index in [1.807, 2.05) is 47.0 Å². The van der Waals surface area contributed by atoms with E-state index in [2.05, 4.69) is 25.8 Å². The summed E-state index contributed by atoms with van der Waals surface area (Å²) >= 11 is 0. The van der Waals surface area contributed by atoms with Crippen molar-refractivity contribution in [3.8, 4) is 11.5 Å². The Hall–Kier alpha value is -3.29. The number of aromatic nitrogens is 3. The van der Waals surface area contributed by atoms with Crippen molar-refractivity contribution in [2.24, 2.45) is 4.99 Å². The fourth-order valence-electron chi connectivity index (χ4n) is 2.63. The van der Waals surface area contributed by atoms with Crippen LogP contribution in [0.2, 0.25) is 0 Å². The Morgan fingerprint density at radius 3 is 2.92 bits per heavy atom. The van der Waals surface area contributed by atoms with Gasteiger partial charge in [-0.25, -0.2) is 0 Å². The maximum absolute atomic E-state index is 5.40. The van der Waals surface area contributed by atoms with Gasteiger partial charge in [-0.2, -0.15) is 0 Å². The zero-order valence-corrected chi connectivity index (χ0v) is 13.8. The normalized spacial score (nSPS) is 13.2. The molecule has 2 N–H and O–H groups in total. The third-order valence-electron chi connectivity index (χ3n) is 3.92. The van der Waals surface area contributed by atoms with Gasteiger partial charge >= 0.3 is 0 Å². The molecule has 25 heavy (non-hydrogen) atoms. The van der Waals surface area contributed by atoms with Crippen molar-refractivity contribution < 1.29 is 9.47 Å². The Bertz CT molecular complexity index is 920. The van der Waals surface area contributed by atoms with Gasteiger partial charge in [-0.15, -0.1) is 10.2 Å². The van der Waals surface area contributed by atoms with Gasteiger partial charge in [-0.1, -0.05) is 12.1 Å². The van der Waals surface area contributed by atoms with E-state index >= 15 is 0 Å². The predicted octanol–water partition coefficient (Wildman–Crippen LogP) is 1.32. The maximum atomic E-state index is 5.40. The SMILES string of the molecule is CN=C(NCc1ccc2c(c1)OCO2)NCc1nnc2ccccn12. The standard InChI is InChI=1S/C17H18N6O2/c1-18-17(19-9-12-5-6-13-14(8-12)25-11-24-13)20-10-16-22-21-15-4-2-3-7-23(15)16/h2-8H,9-11H2,1H3,(H2,18,19,20). The molecular weight excluding hydrogens is 320 g/mol. The number of fused-ring (bicyclic) bond motifs is 2. The number of rotatable bonds is 4. The van der Waals surface area contributed by atoms with Crippen molar-refractivity contribution in [1.29, 1.82) is 0 Å². The van der Waals surface area contributed by atoms with Crippen LogP contribution in [0.25, 0.3) is 5.65 Å². The van der Waals surface area contributed by atoms with Crippen molar-refractivity contribution in [2.45, 2.75) is 13.1 Å². The summed E-state index contributed by atoms with van der Waals surface area (Å²) in [6.45, 7) is 1.42. The Morgan fingerprint density at radius 1 is 1.12 bits per heavy atom. The molecule has 0 saturated carbocycles. The minimum Gasteiger partial charge on any atom is -0.454 e. The topological polar surface area (TPSA) is 85.1 Å². The number of ether oxygens (including phenoxy) is 2. The van der Waals surface area contributed by atoms with Crippen LogP contribution in [0.4, 0.5) is 0 Å². The van der Waals surface area contributed by atoms with Crippen LogP contribution in [-0.2, 0) is 13.1 Å². The van der Waals surface area contributed by atoms with Crippen molar-refractivity contribution in [1.82, 2.24) is 25.2 Å². The average molecular weight is 338 g/mol. The molecule has 3 aromatic rings. The largest absolute Gasteiger partial charge is 0.454 e. The molecule has 0 amide bonds. The van der Waals surface area contributed by atoms with Crippen molar-refractivity contribution in [3.05, 3.63) is 54.0 Å². The van der Waals surface area contributed by atoms with Crippen molar-refractivity contribution >= 4 is 11.6 Å². The number of pyridine rings is 1. The van der Waals surface area contributed by atoms with E-state index in [4.69, 9.17) is 9.47 Å². The number of guanidine groups is 1. The number of benzene rings is 1. The quantitative estimate of drug-likeness (QED) is 0.551. The van der Waals surface area contributed by atoms with Crippen LogP contribution in [0.1, 0.15) is 11.4 Å². The number of aliphatic imine (C=N–C) groups is 1. The zero-order valence-electron chi connectivity index (χ0n) is 13.8. The number of hydrogen-bond acceptors (Lipinski definition) is 5. The molecular formula is C17H18N6O2. The second-order valence-corrected chi connectivity index (χ2v) is 5.51. The molecule has 1 aliphatic heterocycles. The summed E-state index contributed by atoms with van der Waals surface area (Å²) < 4.78 is 12.7. The molecule has 4 rings (SSSR count). The Morgan fingerprint density at radius 2 is 2.00 bits per heavy atom. The molecule has 0 radical (unpaired) electrons. The molecule has 0 aliphatic carbocycles. The Kier molecular flexibility index (Phi) is 4.07. The Balaban J connectivity index is 1.36. The minimum absolute atomic E-state index is 0.280. The summed E-state index contributed by atoms with van der Waals surface area (Å²) in [5, 5.41) is 14.9. The monoisotopic (exact) mass is 338 g/mol. The molecule has 8 nitrogen and oxygen atoms in total. The molecule has 128 valence electrons. The third-order valence-corrected chi connectivity index (χ3v) is 3.92. The van der Waals surface area contributed by atoms with Gasteiger partial charge in [0.25, 0.3) is 0 Å². The van der Waals surface area contributed by atoms with Crippen LogP contribution >= 0.6 is 0 Å². The molecule has 1 aliphatic rings. The summed E-state index contributed by atoms with van der Waals surface area (Å²) in [6, 6.07) is 11.7. The highest BCUT2D eigenvalue weighted by Crippen LogP contribution is 2.32. The summed E-state index contributed by atoms with van der Waals surface area (Å²) in [6.07, 6.45) is 1.94. The van der Waals surface area contributed by atoms with E-state index in [9.17, 15) is 0 Å². The van der Waals surface area contributed by atoms with Gasteiger partial charge in [0.2, 0.25) is 6.79 Å². The van der Waals surface area contributed by atoms with Crippen LogP contribution < -0.4 is 20.1 Å². The lowest BCUT2D eigenvalue weighted by molar-refractivity contribution is 0.174. The van der Waals surface area contributed by atoms with E-state index in [-0.39, 0.29) is 6.79 Å². The predicted molar refractivity (Wildman–Crippen MR) is 92.6 cm³/mol. The summed E-state index contributed by atoms with van der Waals surface area (Å²) in [5.74, 6) is 3.06. The van der Waals surface area contributed by atoms with Gasteiger partial charge in [-0.3, -0.25) is 9.39 Å². The summed E-state index contributed by atoms with van der Waals surface area (Å²) in [4.78, 5) is 4.24. The lowest BCUT2D eigenvalue weighted by Gasteiger charge is -2.11. The Labute approximate surface area is 144 Å². The lowest BCUT2D eigenvalue weighted by Crippen LogP contribution is -2.36. The minimum atomic E-state index is 0.280. The number of nitrogens with zero attached hydrogens (tertiary/aromatic N) is 4. The average Bonchev–Trinajstić information content (AvgIpc) is 3.28. The molecule has 0 saturated heterocycles. The molecule has 0 bridgehead atoms. The van der Waals surface area contributed by atoms with E-state index < -0.39 is 0 Å². The zero-order chi connectivity index (χ0) is 17.1. The lowest BCUT2D eigenvalue weighted by atomic mass is 10.2. The molecule has 0 unspecified atom stereocenters. The molecule has 1 aromatic carbocycles. The van der Waals surface area contributed by atoms with Crippen LogP contribution in [0.15, 0.2) is 47.6 Å². The van der Waals surface area contributed by atoms with E-state index in [1.165, 1.54) is 0 Å². The maximum Gasteiger partial charge on any atom is 0.231 e. The molecule has 2 aromatic heterocycles. The highest BCUT2D eigenvalue weighted by Gasteiger charge is 2.13. The van der Waals surface area contributed by atoms with E-state index in [1.54, 1.807) is 7.05 Å². The third kappa shape index (κ3) is 3.18. The summed E-state index contributed by atoms with van der Waals surface area (Å²) in [7, 11) is 1.73. The van der Waals surface area contributed by atoms with Crippen LogP contribution in [0.5, 0.6) is 11.5 Å². The molecule has 3 heterocycles. The van der Waals surface area contributed by atoms with E-state index in [0.717, 1.165) is 28.5 Å². The van der Waals surface area contributed by atoms with Crippen molar-refractivity contribution in [3.63, 3.8) is 0 Å². The first-order valence-corrected chi connectivity index (χ1v) is 7.95. The van der Waals surface area contributed by atoms with Crippen LogP contribution in [0.3, 0.4) is 0 Å². The van der Waals surface area contributed by atoms with Gasteiger partial charge in [-0.05, 0) is 29.8 Å². The molecule has 0 atom stereocenters. The second-order valence-electron chi connectivity index (χ2n) is 5.51. The van der Waals surface area contributed by atoms with Crippen molar-refractivity contribution in [2.75, 3.05) is 13.8 Å². The fraction of sp³-hybridized carbons (Fsp3) is 0.235. The number of nitrogens with one attached hydrogen (secondary N) is 2. The van der Waals surface area contributed by atoms with Crippen LogP contribution in [0, 0.1) is 0 Å². The molecule has 0 spiro atoms. The molecule has 0 fully saturated rings. The first kappa shape index (κ1) is 15.3. The van der Waals surface area contributed by atoms with Gasteiger partial charge < -0.3 is 20.1 Å². The van der Waals surface area contributed by atoms with E-state index in [0.29, 0.717) is 19.0 Å². The summed E-state index contributed by atoms with van der Waals surface area (Å²) in [5.41, 5.74) is 1.91. The molecule has 8 heteroatoms.